The number of likely N-dealkylation sites (tertiary alicyclic amines) is 1. The molecule has 1 aromatic carbocycles. The Bertz CT molecular complexity index is 705. The molecular formula is C20H27F3N2O3. The van der Waals surface area contributed by atoms with Crippen molar-refractivity contribution in [1.82, 2.24) is 9.80 Å². The van der Waals surface area contributed by atoms with Crippen LogP contribution in [0.5, 0.6) is 0 Å². The molecule has 1 heterocycles. The van der Waals surface area contributed by atoms with E-state index in [1.807, 2.05) is 0 Å². The number of amides is 2. The monoisotopic (exact) mass is 400 g/mol. The topological polar surface area (TPSA) is 49.9 Å². The minimum Gasteiger partial charge on any atom is -0.444 e. The van der Waals surface area contributed by atoms with E-state index in [1.165, 1.54) is 30.1 Å². The standard InChI is InChI=1S/C20H27F3N2O3/c1-19(2,3)28-18(27)25-11-9-14(10-12-25)17(26)24(4)13-15-7-5-6-8-16(15)20(21,22)23/h5-8,14H,9-13H2,1-4H3. The molecule has 0 unspecified atom stereocenters. The van der Waals surface area contributed by atoms with E-state index in [-0.39, 0.29) is 23.9 Å². The maximum absolute atomic E-state index is 13.1. The predicted octanol–water partition coefficient (Wildman–Crippen LogP) is 4.31. The molecule has 1 aliphatic rings. The second-order valence-electron chi connectivity index (χ2n) is 8.09. The fourth-order valence-corrected chi connectivity index (χ4v) is 3.22. The molecule has 1 aromatic rings. The first-order valence-electron chi connectivity index (χ1n) is 9.26. The van der Waals surface area contributed by atoms with Gasteiger partial charge >= 0.3 is 12.3 Å². The second kappa shape index (κ2) is 8.41. The minimum absolute atomic E-state index is 0.0667. The molecule has 5 nitrogen and oxygen atoms in total. The number of alkyl halides is 3. The largest absolute Gasteiger partial charge is 0.444 e. The SMILES string of the molecule is CN(Cc1ccccc1C(F)(F)F)C(=O)C1CCN(C(=O)OC(C)(C)C)CC1. The van der Waals surface area contributed by atoms with Crippen LogP contribution < -0.4 is 0 Å². The number of rotatable bonds is 3. The van der Waals surface area contributed by atoms with E-state index in [1.54, 1.807) is 25.7 Å². The third-order valence-electron chi connectivity index (χ3n) is 4.60. The third-order valence-corrected chi connectivity index (χ3v) is 4.60. The lowest BCUT2D eigenvalue weighted by molar-refractivity contribution is -0.140. The van der Waals surface area contributed by atoms with Gasteiger partial charge in [-0.2, -0.15) is 13.2 Å². The lowest BCUT2D eigenvalue weighted by Gasteiger charge is -2.34. The van der Waals surface area contributed by atoms with E-state index in [0.29, 0.717) is 25.9 Å². The summed E-state index contributed by atoms with van der Waals surface area (Å²) >= 11 is 0. The van der Waals surface area contributed by atoms with Crippen LogP contribution in [-0.2, 0) is 22.3 Å². The average Bonchev–Trinajstić information content (AvgIpc) is 2.59. The van der Waals surface area contributed by atoms with Crippen LogP contribution in [0.1, 0.15) is 44.7 Å². The van der Waals surface area contributed by atoms with Crippen molar-refractivity contribution < 1.29 is 27.5 Å². The quantitative estimate of drug-likeness (QED) is 0.760. The molecule has 0 radical (unpaired) electrons. The summed E-state index contributed by atoms with van der Waals surface area (Å²) in [4.78, 5) is 27.7. The summed E-state index contributed by atoms with van der Waals surface area (Å²) in [7, 11) is 1.51. The van der Waals surface area contributed by atoms with E-state index >= 15 is 0 Å². The highest BCUT2D eigenvalue weighted by Crippen LogP contribution is 2.32. The van der Waals surface area contributed by atoms with Crippen LogP contribution in [0.2, 0.25) is 0 Å². The predicted molar refractivity (Wildman–Crippen MR) is 98.4 cm³/mol. The molecule has 156 valence electrons. The van der Waals surface area contributed by atoms with E-state index in [0.717, 1.165) is 6.07 Å². The van der Waals surface area contributed by atoms with Gasteiger partial charge in [0.2, 0.25) is 5.91 Å². The van der Waals surface area contributed by atoms with Gasteiger partial charge < -0.3 is 14.5 Å². The van der Waals surface area contributed by atoms with Crippen molar-refractivity contribution in [2.24, 2.45) is 5.92 Å². The highest BCUT2D eigenvalue weighted by Gasteiger charge is 2.35. The molecule has 0 atom stereocenters. The Morgan fingerprint density at radius 2 is 1.71 bits per heavy atom. The summed E-state index contributed by atoms with van der Waals surface area (Å²) in [5.41, 5.74) is -1.25. The van der Waals surface area contributed by atoms with Gasteiger partial charge in [-0.1, -0.05) is 18.2 Å². The van der Waals surface area contributed by atoms with Gasteiger partial charge in [0, 0.05) is 32.6 Å². The number of carbonyl (C=O) groups is 2. The van der Waals surface area contributed by atoms with Gasteiger partial charge in [-0.05, 0) is 45.2 Å². The minimum atomic E-state index is -4.46. The molecule has 28 heavy (non-hydrogen) atoms. The second-order valence-corrected chi connectivity index (χ2v) is 8.09. The molecule has 2 amide bonds. The van der Waals surface area contributed by atoms with E-state index in [9.17, 15) is 22.8 Å². The van der Waals surface area contributed by atoms with Gasteiger partial charge in [0.25, 0.3) is 0 Å². The Morgan fingerprint density at radius 3 is 2.25 bits per heavy atom. The zero-order chi connectivity index (χ0) is 21.1. The molecule has 0 aromatic heterocycles. The van der Waals surface area contributed by atoms with Crippen molar-refractivity contribution in [3.8, 4) is 0 Å². The number of halogens is 3. The summed E-state index contributed by atoms with van der Waals surface area (Å²) in [6.45, 7) is 6.02. The summed E-state index contributed by atoms with van der Waals surface area (Å²) in [5.74, 6) is -0.525. The molecule has 1 fully saturated rings. The van der Waals surface area contributed by atoms with Crippen molar-refractivity contribution in [3.05, 3.63) is 35.4 Å². The first-order chi connectivity index (χ1) is 12.9. The van der Waals surface area contributed by atoms with E-state index < -0.39 is 23.4 Å². The fourth-order valence-electron chi connectivity index (χ4n) is 3.22. The maximum atomic E-state index is 13.1. The van der Waals surface area contributed by atoms with E-state index in [2.05, 4.69) is 0 Å². The van der Waals surface area contributed by atoms with Crippen LogP contribution in [0.3, 0.4) is 0 Å². The van der Waals surface area contributed by atoms with Crippen molar-refractivity contribution >= 4 is 12.0 Å². The molecule has 0 bridgehead atoms. The van der Waals surface area contributed by atoms with Crippen LogP contribution in [0, 0.1) is 5.92 Å². The van der Waals surface area contributed by atoms with Crippen molar-refractivity contribution in [1.29, 1.82) is 0 Å². The number of piperidine rings is 1. The summed E-state index contributed by atoms with van der Waals surface area (Å²) < 4.78 is 44.7. The van der Waals surface area contributed by atoms with Crippen LogP contribution in [0.4, 0.5) is 18.0 Å². The van der Waals surface area contributed by atoms with Gasteiger partial charge in [0.1, 0.15) is 5.60 Å². The molecule has 1 saturated heterocycles. The van der Waals surface area contributed by atoms with Crippen molar-refractivity contribution in [3.63, 3.8) is 0 Å². The van der Waals surface area contributed by atoms with Crippen LogP contribution in [0.25, 0.3) is 0 Å². The zero-order valence-electron chi connectivity index (χ0n) is 16.7. The van der Waals surface area contributed by atoms with Gasteiger partial charge in [0.15, 0.2) is 0 Å². The Hall–Kier alpha value is -2.25. The number of benzene rings is 1. The van der Waals surface area contributed by atoms with Gasteiger partial charge in [-0.15, -0.1) is 0 Å². The molecular weight excluding hydrogens is 373 g/mol. The van der Waals surface area contributed by atoms with Crippen LogP contribution in [0.15, 0.2) is 24.3 Å². The molecule has 2 rings (SSSR count). The highest BCUT2D eigenvalue weighted by molar-refractivity contribution is 5.79. The summed E-state index contributed by atoms with van der Waals surface area (Å²) in [6, 6.07) is 5.27. The summed E-state index contributed by atoms with van der Waals surface area (Å²) in [6.07, 6.45) is -3.95. The summed E-state index contributed by atoms with van der Waals surface area (Å²) in [5, 5.41) is 0. The smallest absolute Gasteiger partial charge is 0.416 e. The van der Waals surface area contributed by atoms with Gasteiger partial charge in [-0.3, -0.25) is 4.79 Å². The normalized spacial score (nSPS) is 16.0. The van der Waals surface area contributed by atoms with E-state index in [4.69, 9.17) is 4.74 Å². The highest BCUT2D eigenvalue weighted by atomic mass is 19.4. The third kappa shape index (κ3) is 5.87. The Labute approximate surface area is 163 Å². The zero-order valence-corrected chi connectivity index (χ0v) is 16.7. The Kier molecular flexibility index (Phi) is 6.62. The molecule has 0 N–H and O–H groups in total. The Morgan fingerprint density at radius 1 is 1.14 bits per heavy atom. The Balaban J connectivity index is 1.95. The van der Waals surface area contributed by atoms with Crippen LogP contribution in [-0.4, -0.2) is 47.5 Å². The first-order valence-corrected chi connectivity index (χ1v) is 9.26. The number of carbonyl (C=O) groups excluding carboxylic acids is 2. The molecule has 0 aliphatic carbocycles. The van der Waals surface area contributed by atoms with Crippen LogP contribution >= 0.6 is 0 Å². The average molecular weight is 400 g/mol. The van der Waals surface area contributed by atoms with Gasteiger partial charge in [-0.25, -0.2) is 4.79 Å². The fraction of sp³-hybridized carbons (Fsp3) is 0.600. The van der Waals surface area contributed by atoms with Crippen molar-refractivity contribution in [2.75, 3.05) is 20.1 Å². The first kappa shape index (κ1) is 22.0. The maximum Gasteiger partial charge on any atom is 0.416 e. The lowest BCUT2D eigenvalue weighted by atomic mass is 9.95. The van der Waals surface area contributed by atoms with Gasteiger partial charge in [0.05, 0.1) is 5.56 Å². The lowest BCUT2D eigenvalue weighted by Crippen LogP contribution is -2.45. The number of hydrogen-bond donors (Lipinski definition) is 0. The van der Waals surface area contributed by atoms with Crippen molar-refractivity contribution in [2.45, 2.75) is 51.9 Å². The molecule has 1 aliphatic heterocycles. The molecule has 0 saturated carbocycles. The molecule has 8 heteroatoms. The number of nitrogens with zero attached hydrogens (tertiary/aromatic N) is 2. The number of hydrogen-bond acceptors (Lipinski definition) is 3. The number of ether oxygens (including phenoxy) is 1. The molecule has 0 spiro atoms.